The third-order valence-corrected chi connectivity index (χ3v) is 2.88. The summed E-state index contributed by atoms with van der Waals surface area (Å²) in [6, 6.07) is 3.21. The number of pyridine rings is 1. The lowest BCUT2D eigenvalue weighted by molar-refractivity contribution is -0.117. The van der Waals surface area contributed by atoms with Crippen LogP contribution < -0.4 is 11.1 Å². The Morgan fingerprint density at radius 2 is 2.16 bits per heavy atom. The molecule has 4 N–H and O–H groups in total. The second-order valence-electron chi connectivity index (χ2n) is 5.30. The van der Waals surface area contributed by atoms with Crippen LogP contribution in [0.15, 0.2) is 12.1 Å². The van der Waals surface area contributed by atoms with Crippen molar-refractivity contribution in [2.75, 3.05) is 11.9 Å². The fourth-order valence-electron chi connectivity index (χ4n) is 2.02. The molecule has 0 bridgehead atoms. The molecule has 5 heteroatoms. The molecule has 106 valence electrons. The maximum absolute atomic E-state index is 11.9. The van der Waals surface area contributed by atoms with Crippen molar-refractivity contribution in [1.29, 1.82) is 0 Å². The van der Waals surface area contributed by atoms with Crippen LogP contribution >= 0.6 is 0 Å². The zero-order chi connectivity index (χ0) is 14.4. The molecule has 1 aromatic heterocycles. The minimum absolute atomic E-state index is 0.0212. The molecule has 0 radical (unpaired) electrons. The number of nitrogens with one attached hydrogen (secondary N) is 1. The Morgan fingerprint density at radius 1 is 1.47 bits per heavy atom. The Hall–Kier alpha value is -1.62. The summed E-state index contributed by atoms with van der Waals surface area (Å²) in [5.74, 6) is 0.695. The van der Waals surface area contributed by atoms with Gasteiger partial charge in [0.05, 0.1) is 0 Å². The van der Waals surface area contributed by atoms with Crippen molar-refractivity contribution < 1.29 is 9.90 Å². The van der Waals surface area contributed by atoms with E-state index in [0.717, 1.165) is 12.1 Å². The number of nitrogens with zero attached hydrogens (tertiary/aromatic N) is 1. The van der Waals surface area contributed by atoms with Crippen LogP contribution in [0.3, 0.4) is 0 Å². The summed E-state index contributed by atoms with van der Waals surface area (Å²) in [7, 11) is 0. The van der Waals surface area contributed by atoms with Gasteiger partial charge in [0.25, 0.3) is 0 Å². The monoisotopic (exact) mass is 265 g/mol. The summed E-state index contributed by atoms with van der Waals surface area (Å²) in [6.45, 7) is 6.50. The molecule has 0 aliphatic heterocycles. The Morgan fingerprint density at radius 3 is 2.74 bits per heavy atom. The van der Waals surface area contributed by atoms with Crippen molar-refractivity contribution in [1.82, 2.24) is 4.98 Å². The lowest BCUT2D eigenvalue weighted by atomic mass is 9.94. The van der Waals surface area contributed by atoms with E-state index in [4.69, 9.17) is 5.73 Å². The van der Waals surface area contributed by atoms with Crippen LogP contribution in [0.2, 0.25) is 0 Å². The second-order valence-corrected chi connectivity index (χ2v) is 5.30. The highest BCUT2D eigenvalue weighted by Crippen LogP contribution is 2.21. The van der Waals surface area contributed by atoms with E-state index >= 15 is 0 Å². The van der Waals surface area contributed by atoms with Gasteiger partial charge in [0.2, 0.25) is 5.91 Å². The number of aromatic hydroxyl groups is 1. The predicted octanol–water partition coefficient (Wildman–Crippen LogP) is 2.05. The van der Waals surface area contributed by atoms with E-state index in [-0.39, 0.29) is 23.4 Å². The molecule has 19 heavy (non-hydrogen) atoms. The van der Waals surface area contributed by atoms with Gasteiger partial charge in [-0.3, -0.25) is 4.79 Å². The Kier molecular flexibility index (Phi) is 5.76. The number of carbonyl (C=O) groups excluding carboxylic acids is 1. The fourth-order valence-corrected chi connectivity index (χ4v) is 2.02. The third kappa shape index (κ3) is 5.26. The average Bonchev–Trinajstić information content (AvgIpc) is 2.32. The van der Waals surface area contributed by atoms with Gasteiger partial charge in [0.1, 0.15) is 0 Å². The highest BCUT2D eigenvalue weighted by atomic mass is 16.3. The SMILES string of the molecule is Cc1ccc(O)c(NC(=O)CC(CN)CC(C)C)n1. The van der Waals surface area contributed by atoms with Gasteiger partial charge in [0, 0.05) is 12.1 Å². The number of anilines is 1. The van der Waals surface area contributed by atoms with Gasteiger partial charge < -0.3 is 16.2 Å². The van der Waals surface area contributed by atoms with Gasteiger partial charge in [0.15, 0.2) is 11.6 Å². The van der Waals surface area contributed by atoms with Crippen LogP contribution in [0.4, 0.5) is 5.82 Å². The number of rotatable bonds is 6. The predicted molar refractivity (Wildman–Crippen MR) is 75.9 cm³/mol. The molecule has 0 fully saturated rings. The molecule has 1 aromatic rings. The van der Waals surface area contributed by atoms with Crippen LogP contribution in [0.1, 0.15) is 32.4 Å². The molecule has 1 atom stereocenters. The topological polar surface area (TPSA) is 88.2 Å². The summed E-state index contributed by atoms with van der Waals surface area (Å²) in [6.07, 6.45) is 1.26. The van der Waals surface area contributed by atoms with Crippen molar-refractivity contribution in [3.63, 3.8) is 0 Å². The van der Waals surface area contributed by atoms with Crippen molar-refractivity contribution in [2.24, 2.45) is 17.6 Å². The van der Waals surface area contributed by atoms with Crippen LogP contribution in [0.25, 0.3) is 0 Å². The van der Waals surface area contributed by atoms with Crippen molar-refractivity contribution in [3.8, 4) is 5.75 Å². The first-order valence-electron chi connectivity index (χ1n) is 6.59. The second kappa shape index (κ2) is 7.09. The van der Waals surface area contributed by atoms with Crippen LogP contribution in [0.5, 0.6) is 5.75 Å². The summed E-state index contributed by atoms with van der Waals surface area (Å²) >= 11 is 0. The molecule has 0 aliphatic carbocycles. The van der Waals surface area contributed by atoms with E-state index in [0.29, 0.717) is 18.9 Å². The summed E-state index contributed by atoms with van der Waals surface area (Å²) in [5, 5.41) is 12.3. The molecule has 1 amide bonds. The van der Waals surface area contributed by atoms with Crippen molar-refractivity contribution in [2.45, 2.75) is 33.6 Å². The molecular weight excluding hydrogens is 242 g/mol. The molecule has 0 aliphatic rings. The summed E-state index contributed by atoms with van der Waals surface area (Å²) in [5.41, 5.74) is 6.41. The van der Waals surface area contributed by atoms with E-state index in [1.165, 1.54) is 6.07 Å². The van der Waals surface area contributed by atoms with Gasteiger partial charge in [-0.2, -0.15) is 0 Å². The van der Waals surface area contributed by atoms with E-state index in [2.05, 4.69) is 24.1 Å². The first-order valence-corrected chi connectivity index (χ1v) is 6.59. The first-order chi connectivity index (χ1) is 8.92. The molecule has 1 rings (SSSR count). The number of carbonyl (C=O) groups is 1. The highest BCUT2D eigenvalue weighted by Gasteiger charge is 2.15. The highest BCUT2D eigenvalue weighted by molar-refractivity contribution is 5.91. The molecule has 0 aromatic carbocycles. The molecule has 0 saturated heterocycles. The third-order valence-electron chi connectivity index (χ3n) is 2.88. The minimum atomic E-state index is -0.162. The Balaban J connectivity index is 2.61. The molecule has 1 unspecified atom stereocenters. The maximum atomic E-state index is 11.9. The summed E-state index contributed by atoms with van der Waals surface area (Å²) in [4.78, 5) is 16.0. The van der Waals surface area contributed by atoms with Crippen LogP contribution in [-0.2, 0) is 4.79 Å². The largest absolute Gasteiger partial charge is 0.504 e. The van der Waals surface area contributed by atoms with Crippen LogP contribution in [-0.4, -0.2) is 22.5 Å². The average molecular weight is 265 g/mol. The molecule has 1 heterocycles. The number of hydrogen-bond donors (Lipinski definition) is 3. The van der Waals surface area contributed by atoms with E-state index in [1.54, 1.807) is 13.0 Å². The van der Waals surface area contributed by atoms with Gasteiger partial charge in [-0.15, -0.1) is 0 Å². The number of aromatic nitrogens is 1. The standard InChI is InChI=1S/C14H23N3O2/c1-9(2)6-11(8-15)7-13(19)17-14-12(18)5-4-10(3)16-14/h4-5,9,11,18H,6-8,15H2,1-3H3,(H,16,17,19). The van der Waals surface area contributed by atoms with E-state index in [9.17, 15) is 9.90 Å². The lowest BCUT2D eigenvalue weighted by Crippen LogP contribution is -2.23. The van der Waals surface area contributed by atoms with Crippen molar-refractivity contribution in [3.05, 3.63) is 17.8 Å². The maximum Gasteiger partial charge on any atom is 0.225 e. The minimum Gasteiger partial charge on any atom is -0.504 e. The number of amides is 1. The number of nitrogens with two attached hydrogens (primary N) is 1. The van der Waals surface area contributed by atoms with E-state index in [1.807, 2.05) is 0 Å². The molecular formula is C14H23N3O2. The smallest absolute Gasteiger partial charge is 0.225 e. The van der Waals surface area contributed by atoms with Crippen LogP contribution in [0, 0.1) is 18.8 Å². The van der Waals surface area contributed by atoms with Crippen molar-refractivity contribution >= 4 is 11.7 Å². The quantitative estimate of drug-likeness (QED) is 0.734. The zero-order valence-corrected chi connectivity index (χ0v) is 11.8. The van der Waals surface area contributed by atoms with Gasteiger partial charge in [-0.05, 0) is 43.9 Å². The number of aryl methyl sites for hydroxylation is 1. The zero-order valence-electron chi connectivity index (χ0n) is 11.8. The Bertz CT molecular complexity index is 433. The fraction of sp³-hybridized carbons (Fsp3) is 0.571. The molecule has 5 nitrogen and oxygen atoms in total. The molecule has 0 spiro atoms. The van der Waals surface area contributed by atoms with Gasteiger partial charge in [-0.25, -0.2) is 4.98 Å². The van der Waals surface area contributed by atoms with Gasteiger partial charge >= 0.3 is 0 Å². The lowest BCUT2D eigenvalue weighted by Gasteiger charge is -2.16. The van der Waals surface area contributed by atoms with E-state index < -0.39 is 0 Å². The summed E-state index contributed by atoms with van der Waals surface area (Å²) < 4.78 is 0. The first kappa shape index (κ1) is 15.4. The number of hydrogen-bond acceptors (Lipinski definition) is 4. The Labute approximate surface area is 114 Å². The normalized spacial score (nSPS) is 12.5. The molecule has 0 saturated carbocycles. The van der Waals surface area contributed by atoms with Gasteiger partial charge in [-0.1, -0.05) is 13.8 Å².